The van der Waals surface area contributed by atoms with Crippen molar-refractivity contribution < 1.29 is 14.4 Å². The van der Waals surface area contributed by atoms with Gasteiger partial charge in [0.1, 0.15) is 17.9 Å². The van der Waals surface area contributed by atoms with Crippen LogP contribution in [0, 0.1) is 5.92 Å². The molecule has 0 bridgehead atoms. The number of nitrogens with zero attached hydrogens (tertiary/aromatic N) is 2. The maximum Gasteiger partial charge on any atom is 0.325 e. The van der Waals surface area contributed by atoms with Gasteiger partial charge >= 0.3 is 6.03 Å². The Kier molecular flexibility index (Phi) is 5.52. The number of anilines is 2. The Balaban J connectivity index is 0.00000225. The molecule has 1 aliphatic carbocycles. The Morgan fingerprint density at radius 3 is 2.84 bits per heavy atom. The minimum atomic E-state index is -0.849. The van der Waals surface area contributed by atoms with Gasteiger partial charge in [0.25, 0.3) is 5.91 Å². The largest absolute Gasteiger partial charge is 0.384 e. The zero-order valence-electron chi connectivity index (χ0n) is 13.9. The monoisotopic (exact) mass is 367 g/mol. The minimum absolute atomic E-state index is 0. The van der Waals surface area contributed by atoms with E-state index in [9.17, 15) is 14.4 Å². The summed E-state index contributed by atoms with van der Waals surface area (Å²) in [6, 6.07) is 2.66. The highest BCUT2D eigenvalue weighted by molar-refractivity contribution is 6.10. The Bertz CT molecular complexity index is 681. The highest BCUT2D eigenvalue weighted by atomic mass is 35.5. The molecule has 0 aromatic carbocycles. The third kappa shape index (κ3) is 3.53. The van der Waals surface area contributed by atoms with E-state index in [1.54, 1.807) is 12.1 Å². The van der Waals surface area contributed by atoms with Gasteiger partial charge in [-0.05, 0) is 30.9 Å². The molecule has 1 aromatic heterocycles. The standard InChI is InChI=1S/C16H21N5O3.ClH/c1-10-4-2-3-7-16(10)14(23)21(15(24)20-16)9-13(22)19-11-5-6-12(17)18-8-11;/h5-6,8,10H,2-4,7,9H2,1H3,(H2,17,18)(H,19,22)(H,20,24);1H. The van der Waals surface area contributed by atoms with Crippen molar-refractivity contribution in [3.8, 4) is 0 Å². The number of pyridine rings is 1. The van der Waals surface area contributed by atoms with Crippen molar-refractivity contribution in [2.75, 3.05) is 17.6 Å². The normalized spacial score (nSPS) is 25.5. The predicted molar refractivity (Wildman–Crippen MR) is 95.1 cm³/mol. The zero-order valence-corrected chi connectivity index (χ0v) is 14.8. The van der Waals surface area contributed by atoms with E-state index in [2.05, 4.69) is 15.6 Å². The number of hydrogen-bond acceptors (Lipinski definition) is 5. The first-order chi connectivity index (χ1) is 11.4. The van der Waals surface area contributed by atoms with Crippen molar-refractivity contribution >= 4 is 41.8 Å². The molecule has 1 saturated heterocycles. The van der Waals surface area contributed by atoms with Crippen LogP contribution >= 0.6 is 12.4 Å². The lowest BCUT2D eigenvalue weighted by Crippen LogP contribution is -2.54. The van der Waals surface area contributed by atoms with Crippen molar-refractivity contribution in [3.63, 3.8) is 0 Å². The molecule has 2 fully saturated rings. The molecule has 0 radical (unpaired) electrons. The van der Waals surface area contributed by atoms with Gasteiger partial charge in [-0.15, -0.1) is 12.4 Å². The number of halogens is 1. The molecule has 9 heteroatoms. The lowest BCUT2D eigenvalue weighted by molar-refractivity contribution is -0.136. The molecule has 1 aromatic rings. The summed E-state index contributed by atoms with van der Waals surface area (Å²) in [5, 5.41) is 5.43. The average molecular weight is 368 g/mol. The van der Waals surface area contributed by atoms with E-state index < -0.39 is 17.5 Å². The van der Waals surface area contributed by atoms with Gasteiger partial charge in [0.05, 0.1) is 11.9 Å². The molecule has 2 aliphatic rings. The number of urea groups is 1. The number of rotatable bonds is 3. The fourth-order valence-corrected chi connectivity index (χ4v) is 3.46. The molecule has 25 heavy (non-hydrogen) atoms. The van der Waals surface area contributed by atoms with Crippen molar-refractivity contribution in [1.82, 2.24) is 15.2 Å². The van der Waals surface area contributed by atoms with E-state index in [-0.39, 0.29) is 30.8 Å². The quantitative estimate of drug-likeness (QED) is 0.700. The van der Waals surface area contributed by atoms with Crippen molar-refractivity contribution in [3.05, 3.63) is 18.3 Å². The number of carbonyl (C=O) groups excluding carboxylic acids is 3. The molecule has 2 unspecified atom stereocenters. The van der Waals surface area contributed by atoms with Crippen LogP contribution < -0.4 is 16.4 Å². The molecule has 4 N–H and O–H groups in total. The Hall–Kier alpha value is -2.35. The minimum Gasteiger partial charge on any atom is -0.384 e. The number of nitrogens with two attached hydrogens (primary N) is 1. The van der Waals surface area contributed by atoms with Gasteiger partial charge in [0.15, 0.2) is 0 Å². The number of imide groups is 1. The van der Waals surface area contributed by atoms with E-state index in [0.717, 1.165) is 24.2 Å². The first-order valence-electron chi connectivity index (χ1n) is 8.08. The fourth-order valence-electron chi connectivity index (χ4n) is 3.46. The SMILES string of the molecule is CC1CCCCC12NC(=O)N(CC(=O)Nc1ccc(N)nc1)C2=O.Cl. The third-order valence-corrected chi connectivity index (χ3v) is 4.87. The second-order valence-corrected chi connectivity index (χ2v) is 6.46. The molecule has 1 saturated carbocycles. The summed E-state index contributed by atoms with van der Waals surface area (Å²) in [6.07, 6.45) is 4.88. The molecule has 1 spiro atoms. The number of hydrogen-bond donors (Lipinski definition) is 3. The molecule has 2 heterocycles. The van der Waals surface area contributed by atoms with Gasteiger partial charge in [0.2, 0.25) is 5.91 Å². The van der Waals surface area contributed by atoms with Gasteiger partial charge in [0, 0.05) is 0 Å². The Morgan fingerprint density at radius 1 is 1.44 bits per heavy atom. The Labute approximate surface area is 151 Å². The van der Waals surface area contributed by atoms with Crippen LogP contribution in [0.4, 0.5) is 16.3 Å². The maximum absolute atomic E-state index is 12.8. The first-order valence-corrected chi connectivity index (χ1v) is 8.08. The van der Waals surface area contributed by atoms with E-state index in [0.29, 0.717) is 17.9 Å². The smallest absolute Gasteiger partial charge is 0.325 e. The van der Waals surface area contributed by atoms with Crippen LogP contribution in [0.1, 0.15) is 32.6 Å². The molecule has 136 valence electrons. The molecular weight excluding hydrogens is 346 g/mol. The first kappa shape index (κ1) is 19.0. The molecule has 8 nitrogen and oxygen atoms in total. The molecule has 4 amide bonds. The number of aromatic nitrogens is 1. The second kappa shape index (κ2) is 7.26. The van der Waals surface area contributed by atoms with Gasteiger partial charge in [-0.1, -0.05) is 19.8 Å². The highest BCUT2D eigenvalue weighted by Gasteiger charge is 2.55. The average Bonchev–Trinajstić information content (AvgIpc) is 2.78. The molecular formula is C16H22ClN5O3. The lowest BCUT2D eigenvalue weighted by Gasteiger charge is -2.36. The summed E-state index contributed by atoms with van der Waals surface area (Å²) < 4.78 is 0. The van der Waals surface area contributed by atoms with Crippen LogP contribution in [-0.4, -0.2) is 39.8 Å². The zero-order chi connectivity index (χ0) is 17.3. The summed E-state index contributed by atoms with van der Waals surface area (Å²) in [5.74, 6) is -0.344. The summed E-state index contributed by atoms with van der Waals surface area (Å²) in [7, 11) is 0. The molecule has 1 aliphatic heterocycles. The van der Waals surface area contributed by atoms with Gasteiger partial charge in [-0.25, -0.2) is 9.78 Å². The molecule has 2 atom stereocenters. The van der Waals surface area contributed by atoms with Gasteiger partial charge in [-0.3, -0.25) is 14.5 Å². The summed E-state index contributed by atoms with van der Waals surface area (Å²) >= 11 is 0. The number of amides is 4. The van der Waals surface area contributed by atoms with Gasteiger partial charge < -0.3 is 16.4 Å². The summed E-state index contributed by atoms with van der Waals surface area (Å²) in [5.41, 5.74) is 5.10. The van der Waals surface area contributed by atoms with E-state index in [1.807, 2.05) is 6.92 Å². The third-order valence-electron chi connectivity index (χ3n) is 4.87. The predicted octanol–water partition coefficient (Wildman–Crippen LogP) is 1.52. The summed E-state index contributed by atoms with van der Waals surface area (Å²) in [4.78, 5) is 42.0. The van der Waals surface area contributed by atoms with Crippen molar-refractivity contribution in [2.45, 2.75) is 38.1 Å². The van der Waals surface area contributed by atoms with Crippen LogP contribution in [0.5, 0.6) is 0 Å². The van der Waals surface area contributed by atoms with E-state index >= 15 is 0 Å². The van der Waals surface area contributed by atoms with E-state index in [1.165, 1.54) is 6.20 Å². The fraction of sp³-hybridized carbons (Fsp3) is 0.500. The van der Waals surface area contributed by atoms with Crippen molar-refractivity contribution in [1.29, 1.82) is 0 Å². The molecule has 3 rings (SSSR count). The van der Waals surface area contributed by atoms with Crippen LogP contribution in [-0.2, 0) is 9.59 Å². The van der Waals surface area contributed by atoms with Crippen LogP contribution in [0.15, 0.2) is 18.3 Å². The van der Waals surface area contributed by atoms with Crippen LogP contribution in [0.3, 0.4) is 0 Å². The second-order valence-electron chi connectivity index (χ2n) is 6.46. The van der Waals surface area contributed by atoms with Crippen LogP contribution in [0.2, 0.25) is 0 Å². The topological polar surface area (TPSA) is 117 Å². The maximum atomic E-state index is 12.8. The van der Waals surface area contributed by atoms with Crippen LogP contribution in [0.25, 0.3) is 0 Å². The number of nitrogens with one attached hydrogen (secondary N) is 2. The highest BCUT2D eigenvalue weighted by Crippen LogP contribution is 2.38. The van der Waals surface area contributed by atoms with Crippen molar-refractivity contribution in [2.24, 2.45) is 5.92 Å². The lowest BCUT2D eigenvalue weighted by atomic mass is 9.73. The summed E-state index contributed by atoms with van der Waals surface area (Å²) in [6.45, 7) is 1.66. The van der Waals surface area contributed by atoms with Gasteiger partial charge in [-0.2, -0.15) is 0 Å². The Morgan fingerprint density at radius 2 is 2.20 bits per heavy atom. The number of carbonyl (C=O) groups is 3. The number of nitrogen functional groups attached to an aromatic ring is 1. The van der Waals surface area contributed by atoms with E-state index in [4.69, 9.17) is 5.73 Å².